The van der Waals surface area contributed by atoms with Gasteiger partial charge >= 0.3 is 11.9 Å². The van der Waals surface area contributed by atoms with E-state index in [9.17, 15) is 9.59 Å². The summed E-state index contributed by atoms with van der Waals surface area (Å²) >= 11 is 0. The highest BCUT2D eigenvalue weighted by Gasteiger charge is 2.13. The van der Waals surface area contributed by atoms with Gasteiger partial charge in [0.2, 0.25) is 0 Å². The molecule has 1 atom stereocenters. The lowest BCUT2D eigenvalue weighted by Gasteiger charge is -2.17. The Morgan fingerprint density at radius 2 is 1.55 bits per heavy atom. The normalized spacial score (nSPS) is 11.8. The fraction of sp³-hybridized carbons (Fsp3) is 0.625. The standard InChI is InChI=1S/C16H26O6/c1-3-15(19)21-12-7-5-6-9-13(22-16(20)4-2)10-8-11-14(17)18/h3-4,13-14,17-18H,1-2,5-12H2. The number of carbonyl (C=O) groups is 2. The second-order valence-corrected chi connectivity index (χ2v) is 4.90. The molecule has 0 saturated carbocycles. The van der Waals surface area contributed by atoms with Crippen molar-refractivity contribution in [2.45, 2.75) is 57.3 Å². The Morgan fingerprint density at radius 1 is 0.909 bits per heavy atom. The third kappa shape index (κ3) is 12.1. The molecule has 0 aliphatic heterocycles. The van der Waals surface area contributed by atoms with Crippen LogP contribution in [-0.2, 0) is 19.1 Å². The predicted octanol–water partition coefficient (Wildman–Crippen LogP) is 1.85. The van der Waals surface area contributed by atoms with Gasteiger partial charge in [-0.1, -0.05) is 13.2 Å². The van der Waals surface area contributed by atoms with Gasteiger partial charge in [0.25, 0.3) is 0 Å². The van der Waals surface area contributed by atoms with Crippen LogP contribution in [0.25, 0.3) is 0 Å². The second-order valence-electron chi connectivity index (χ2n) is 4.90. The molecule has 0 saturated heterocycles. The molecule has 6 nitrogen and oxygen atoms in total. The minimum absolute atomic E-state index is 0.250. The highest BCUT2D eigenvalue weighted by Crippen LogP contribution is 2.14. The fourth-order valence-electron chi connectivity index (χ4n) is 1.89. The molecule has 0 aromatic heterocycles. The van der Waals surface area contributed by atoms with E-state index in [1.54, 1.807) is 0 Å². The van der Waals surface area contributed by atoms with Crippen molar-refractivity contribution < 1.29 is 29.3 Å². The number of hydrogen-bond donors (Lipinski definition) is 2. The summed E-state index contributed by atoms with van der Waals surface area (Å²) in [5.41, 5.74) is 0. The van der Waals surface area contributed by atoms with Crippen molar-refractivity contribution >= 4 is 11.9 Å². The molecule has 1 unspecified atom stereocenters. The maximum Gasteiger partial charge on any atom is 0.330 e. The van der Waals surface area contributed by atoms with Crippen LogP contribution < -0.4 is 0 Å². The van der Waals surface area contributed by atoms with E-state index in [0.717, 1.165) is 31.4 Å². The fourth-order valence-corrected chi connectivity index (χ4v) is 1.89. The zero-order chi connectivity index (χ0) is 16.8. The van der Waals surface area contributed by atoms with Gasteiger partial charge in [-0.05, 0) is 44.9 Å². The third-order valence-electron chi connectivity index (χ3n) is 3.02. The minimum atomic E-state index is -1.34. The molecule has 0 heterocycles. The lowest BCUT2D eigenvalue weighted by molar-refractivity contribution is -0.144. The van der Waals surface area contributed by atoms with Crippen molar-refractivity contribution in [3.8, 4) is 0 Å². The predicted molar refractivity (Wildman–Crippen MR) is 81.8 cm³/mol. The SMILES string of the molecule is C=CC(=O)OCCCCCC(CCCC(O)O)OC(=O)C=C. The van der Waals surface area contributed by atoms with Crippen molar-refractivity contribution in [1.82, 2.24) is 0 Å². The molecule has 0 aromatic carbocycles. The Morgan fingerprint density at radius 3 is 2.14 bits per heavy atom. The maximum absolute atomic E-state index is 11.3. The highest BCUT2D eigenvalue weighted by molar-refractivity contribution is 5.81. The summed E-state index contributed by atoms with van der Waals surface area (Å²) in [6.07, 6.45) is 5.09. The molecule has 0 rings (SSSR count). The summed E-state index contributed by atoms with van der Waals surface area (Å²) in [6, 6.07) is 0. The number of aliphatic hydroxyl groups is 2. The number of hydrogen-bond acceptors (Lipinski definition) is 6. The number of unbranched alkanes of at least 4 members (excludes halogenated alkanes) is 2. The molecule has 0 aliphatic rings. The van der Waals surface area contributed by atoms with E-state index in [0.29, 0.717) is 25.9 Å². The van der Waals surface area contributed by atoms with E-state index >= 15 is 0 Å². The highest BCUT2D eigenvalue weighted by atomic mass is 16.5. The summed E-state index contributed by atoms with van der Waals surface area (Å²) in [5.74, 6) is -0.908. The number of rotatable bonds is 13. The van der Waals surface area contributed by atoms with Gasteiger partial charge in [0.05, 0.1) is 6.61 Å². The summed E-state index contributed by atoms with van der Waals surface area (Å²) in [7, 11) is 0. The van der Waals surface area contributed by atoms with E-state index < -0.39 is 18.2 Å². The molecule has 0 aliphatic carbocycles. The molecular formula is C16H26O6. The van der Waals surface area contributed by atoms with Gasteiger partial charge in [0, 0.05) is 12.2 Å². The van der Waals surface area contributed by atoms with E-state index in [1.807, 2.05) is 0 Å². The molecule has 0 spiro atoms. The van der Waals surface area contributed by atoms with Gasteiger partial charge in [0.1, 0.15) is 6.10 Å². The van der Waals surface area contributed by atoms with E-state index in [4.69, 9.17) is 19.7 Å². The Kier molecular flexibility index (Phi) is 12.1. The molecule has 22 heavy (non-hydrogen) atoms. The topological polar surface area (TPSA) is 93.1 Å². The second kappa shape index (κ2) is 13.0. The van der Waals surface area contributed by atoms with Gasteiger partial charge in [-0.25, -0.2) is 9.59 Å². The first kappa shape index (κ1) is 20.3. The van der Waals surface area contributed by atoms with Gasteiger partial charge in [0.15, 0.2) is 6.29 Å². The van der Waals surface area contributed by atoms with Crippen molar-refractivity contribution in [3.63, 3.8) is 0 Å². The monoisotopic (exact) mass is 314 g/mol. The van der Waals surface area contributed by atoms with Crippen LogP contribution in [0.4, 0.5) is 0 Å². The average molecular weight is 314 g/mol. The van der Waals surface area contributed by atoms with Crippen LogP contribution in [-0.4, -0.2) is 41.2 Å². The van der Waals surface area contributed by atoms with Crippen LogP contribution in [0.15, 0.2) is 25.3 Å². The van der Waals surface area contributed by atoms with Gasteiger partial charge in [-0.15, -0.1) is 0 Å². The first-order valence-electron chi connectivity index (χ1n) is 7.48. The van der Waals surface area contributed by atoms with Crippen molar-refractivity contribution in [1.29, 1.82) is 0 Å². The van der Waals surface area contributed by atoms with Crippen LogP contribution in [0, 0.1) is 0 Å². The lowest BCUT2D eigenvalue weighted by atomic mass is 10.0. The van der Waals surface area contributed by atoms with Gasteiger partial charge in [-0.2, -0.15) is 0 Å². The number of esters is 2. The Balaban J connectivity index is 3.90. The van der Waals surface area contributed by atoms with E-state index in [2.05, 4.69) is 13.2 Å². The van der Waals surface area contributed by atoms with Gasteiger partial charge in [-0.3, -0.25) is 0 Å². The summed E-state index contributed by atoms with van der Waals surface area (Å²) in [6.45, 7) is 7.01. The zero-order valence-electron chi connectivity index (χ0n) is 12.9. The quantitative estimate of drug-likeness (QED) is 0.233. The van der Waals surface area contributed by atoms with E-state index in [1.165, 1.54) is 0 Å². The summed E-state index contributed by atoms with van der Waals surface area (Å²) in [4.78, 5) is 22.1. The molecule has 0 fully saturated rings. The molecule has 0 radical (unpaired) electrons. The minimum Gasteiger partial charge on any atom is -0.463 e. The first-order chi connectivity index (χ1) is 10.5. The molecule has 2 N–H and O–H groups in total. The Labute approximate surface area is 131 Å². The van der Waals surface area contributed by atoms with Crippen molar-refractivity contribution in [2.75, 3.05) is 6.61 Å². The van der Waals surface area contributed by atoms with Crippen molar-refractivity contribution in [2.24, 2.45) is 0 Å². The third-order valence-corrected chi connectivity index (χ3v) is 3.02. The van der Waals surface area contributed by atoms with Crippen LogP contribution >= 0.6 is 0 Å². The lowest BCUT2D eigenvalue weighted by Crippen LogP contribution is -2.18. The Bertz CT molecular complexity index is 351. The molecule has 126 valence electrons. The molecule has 6 heteroatoms. The smallest absolute Gasteiger partial charge is 0.330 e. The first-order valence-corrected chi connectivity index (χ1v) is 7.48. The Hall–Kier alpha value is -1.66. The molecule has 0 aromatic rings. The maximum atomic E-state index is 11.3. The van der Waals surface area contributed by atoms with Crippen molar-refractivity contribution in [3.05, 3.63) is 25.3 Å². The van der Waals surface area contributed by atoms with Crippen LogP contribution in [0.3, 0.4) is 0 Å². The van der Waals surface area contributed by atoms with Crippen LogP contribution in [0.5, 0.6) is 0 Å². The summed E-state index contributed by atoms with van der Waals surface area (Å²) in [5, 5.41) is 17.6. The van der Waals surface area contributed by atoms with E-state index in [-0.39, 0.29) is 12.5 Å². The molecule has 0 bridgehead atoms. The molecule has 0 amide bonds. The van der Waals surface area contributed by atoms with Gasteiger partial charge < -0.3 is 19.7 Å². The number of carbonyl (C=O) groups excluding carboxylic acids is 2. The summed E-state index contributed by atoms with van der Waals surface area (Å²) < 4.78 is 10.1. The largest absolute Gasteiger partial charge is 0.463 e. The number of aliphatic hydroxyl groups excluding tert-OH is 1. The molecular weight excluding hydrogens is 288 g/mol. The average Bonchev–Trinajstić information content (AvgIpc) is 2.49. The zero-order valence-corrected chi connectivity index (χ0v) is 12.9. The van der Waals surface area contributed by atoms with Crippen LogP contribution in [0.1, 0.15) is 44.9 Å². The van der Waals surface area contributed by atoms with Crippen LogP contribution in [0.2, 0.25) is 0 Å². The number of ether oxygens (including phenoxy) is 2.